The van der Waals surface area contributed by atoms with Gasteiger partial charge in [-0.1, -0.05) is 0 Å². The number of halogens is 1. The Morgan fingerprint density at radius 1 is 1.10 bits per heavy atom. The van der Waals surface area contributed by atoms with Gasteiger partial charge < -0.3 is 15.2 Å². The molecule has 6 rings (SSSR count). The zero-order chi connectivity index (χ0) is 20.9. The van der Waals surface area contributed by atoms with Crippen molar-refractivity contribution in [3.8, 4) is 22.8 Å². The largest absolute Gasteiger partial charge is 0.489 e. The Kier molecular flexibility index (Phi) is 3.85. The van der Waals surface area contributed by atoms with Gasteiger partial charge in [0.25, 0.3) is 0 Å². The molecule has 156 valence electrons. The fourth-order valence-electron chi connectivity index (χ4n) is 3.97. The lowest BCUT2D eigenvalue weighted by atomic mass is 10.1. The molecule has 1 unspecified atom stereocenters. The zero-order valence-corrected chi connectivity index (χ0v) is 16.3. The first-order chi connectivity index (χ1) is 15.2. The van der Waals surface area contributed by atoms with Gasteiger partial charge in [-0.25, -0.2) is 14.4 Å². The minimum Gasteiger partial charge on any atom is -0.489 e. The van der Waals surface area contributed by atoms with Crippen LogP contribution in [-0.2, 0) is 0 Å². The molecule has 2 aliphatic heterocycles. The second-order valence-electron chi connectivity index (χ2n) is 7.36. The molecule has 2 aliphatic rings. The quantitative estimate of drug-likeness (QED) is 0.460. The number of imidazole rings is 1. The van der Waals surface area contributed by atoms with Gasteiger partial charge in [0.1, 0.15) is 5.82 Å². The van der Waals surface area contributed by atoms with E-state index in [2.05, 4.69) is 20.5 Å². The fourth-order valence-corrected chi connectivity index (χ4v) is 3.97. The molecule has 0 amide bonds. The van der Waals surface area contributed by atoms with Crippen LogP contribution in [0.5, 0.6) is 11.5 Å². The van der Waals surface area contributed by atoms with Crippen LogP contribution in [0.3, 0.4) is 0 Å². The molecular weight excluding hydrogens is 401 g/mol. The van der Waals surface area contributed by atoms with Gasteiger partial charge in [-0.2, -0.15) is 5.10 Å². The van der Waals surface area contributed by atoms with Crippen molar-refractivity contribution >= 4 is 22.9 Å². The number of fused-ring (bicyclic) bond motifs is 4. The van der Waals surface area contributed by atoms with E-state index < -0.39 is 6.17 Å². The van der Waals surface area contributed by atoms with Gasteiger partial charge in [0, 0.05) is 29.7 Å². The molecule has 0 spiro atoms. The standard InChI is InChI=1S/C21H18FN7O2/c22-12-4-2-11(3-5-12)18-13(10-24-28-18)19-26-20(23)27-21-25-14-8-16-17(9-15(14)29(19)21)31-7-1-6-30-16/h2-5,8-10,19H,1,6-7H2,(H,24,28)(H3,23,25,26,27). The van der Waals surface area contributed by atoms with Crippen molar-refractivity contribution in [3.63, 3.8) is 0 Å². The van der Waals surface area contributed by atoms with Gasteiger partial charge >= 0.3 is 0 Å². The molecule has 4 N–H and O–H groups in total. The maximum Gasteiger partial charge on any atom is 0.212 e. The molecule has 9 nitrogen and oxygen atoms in total. The summed E-state index contributed by atoms with van der Waals surface area (Å²) in [6.07, 6.45) is 1.99. The molecule has 31 heavy (non-hydrogen) atoms. The molecule has 2 aromatic carbocycles. The smallest absolute Gasteiger partial charge is 0.212 e. The second kappa shape index (κ2) is 6.73. The third-order valence-corrected chi connectivity index (χ3v) is 5.38. The average molecular weight is 419 g/mol. The van der Waals surface area contributed by atoms with E-state index in [0.717, 1.165) is 34.3 Å². The number of nitrogens with one attached hydrogen (secondary N) is 2. The van der Waals surface area contributed by atoms with Gasteiger partial charge in [-0.05, 0) is 24.3 Å². The highest BCUT2D eigenvalue weighted by molar-refractivity contribution is 5.95. The molecule has 0 bridgehead atoms. The molecule has 0 aliphatic carbocycles. The van der Waals surface area contributed by atoms with Crippen LogP contribution in [-0.4, -0.2) is 38.9 Å². The van der Waals surface area contributed by atoms with Crippen LogP contribution < -0.4 is 20.5 Å². The third kappa shape index (κ3) is 2.87. The Bertz CT molecular complexity index is 1330. The maximum absolute atomic E-state index is 13.4. The lowest BCUT2D eigenvalue weighted by Gasteiger charge is -2.23. The van der Waals surface area contributed by atoms with E-state index in [1.807, 2.05) is 16.7 Å². The van der Waals surface area contributed by atoms with E-state index in [1.54, 1.807) is 18.3 Å². The Morgan fingerprint density at radius 2 is 1.87 bits per heavy atom. The average Bonchev–Trinajstić information content (AvgIpc) is 3.30. The highest BCUT2D eigenvalue weighted by Gasteiger charge is 2.29. The topological polar surface area (TPSA) is 115 Å². The van der Waals surface area contributed by atoms with Gasteiger partial charge in [0.2, 0.25) is 5.95 Å². The van der Waals surface area contributed by atoms with E-state index >= 15 is 0 Å². The summed E-state index contributed by atoms with van der Waals surface area (Å²) in [5, 5.41) is 10.2. The molecular formula is C21H18FN7O2. The van der Waals surface area contributed by atoms with Gasteiger partial charge in [-0.3, -0.25) is 15.0 Å². The minimum atomic E-state index is -0.523. The van der Waals surface area contributed by atoms with Crippen LogP contribution in [0.1, 0.15) is 18.2 Å². The second-order valence-corrected chi connectivity index (χ2v) is 7.36. The number of guanidine groups is 1. The van der Waals surface area contributed by atoms with E-state index in [9.17, 15) is 4.39 Å². The number of aliphatic imine (C=N–C) groups is 1. The van der Waals surface area contributed by atoms with Crippen LogP contribution in [0.2, 0.25) is 0 Å². The molecule has 10 heteroatoms. The summed E-state index contributed by atoms with van der Waals surface area (Å²) in [4.78, 5) is 9.31. The number of ether oxygens (including phenoxy) is 2. The van der Waals surface area contributed by atoms with Crippen molar-refractivity contribution in [3.05, 3.63) is 54.0 Å². The first kappa shape index (κ1) is 17.8. The zero-order valence-electron chi connectivity index (χ0n) is 16.3. The summed E-state index contributed by atoms with van der Waals surface area (Å²) < 4.78 is 27.0. The van der Waals surface area contributed by atoms with Crippen molar-refractivity contribution in [2.45, 2.75) is 12.6 Å². The Morgan fingerprint density at radius 3 is 2.68 bits per heavy atom. The van der Waals surface area contributed by atoms with Crippen molar-refractivity contribution in [2.24, 2.45) is 10.7 Å². The first-order valence-corrected chi connectivity index (χ1v) is 9.88. The Labute approximate surface area is 175 Å². The molecule has 4 heterocycles. The lowest BCUT2D eigenvalue weighted by molar-refractivity contribution is 0.297. The third-order valence-electron chi connectivity index (χ3n) is 5.38. The summed E-state index contributed by atoms with van der Waals surface area (Å²) in [5.41, 5.74) is 9.92. The normalized spacial score (nSPS) is 17.6. The van der Waals surface area contributed by atoms with Crippen molar-refractivity contribution in [2.75, 3.05) is 18.5 Å². The molecule has 4 aromatic rings. The molecule has 0 radical (unpaired) electrons. The number of rotatable bonds is 2. The van der Waals surface area contributed by atoms with Gasteiger partial charge in [-0.15, -0.1) is 0 Å². The van der Waals surface area contributed by atoms with Crippen LogP contribution in [0, 0.1) is 5.82 Å². The minimum absolute atomic E-state index is 0.244. The van der Waals surface area contributed by atoms with Crippen LogP contribution >= 0.6 is 0 Å². The van der Waals surface area contributed by atoms with E-state index in [4.69, 9.17) is 20.2 Å². The van der Waals surface area contributed by atoms with Crippen molar-refractivity contribution in [1.29, 1.82) is 0 Å². The highest BCUT2D eigenvalue weighted by atomic mass is 19.1. The molecule has 2 aromatic heterocycles. The summed E-state index contributed by atoms with van der Waals surface area (Å²) in [6.45, 7) is 1.18. The number of H-pyrrole nitrogens is 1. The predicted octanol–water partition coefficient (Wildman–Crippen LogP) is 3.01. The SMILES string of the molecule is NC1=NC(c2cn[nH]c2-c2ccc(F)cc2)n2c(nc3cc4c(cc32)OCCCO4)N1. The van der Waals surface area contributed by atoms with Crippen LogP contribution in [0.15, 0.2) is 47.6 Å². The summed E-state index contributed by atoms with van der Waals surface area (Å²) in [6, 6.07) is 9.98. The lowest BCUT2D eigenvalue weighted by Crippen LogP contribution is -2.31. The first-order valence-electron chi connectivity index (χ1n) is 9.88. The van der Waals surface area contributed by atoms with Gasteiger partial charge in [0.15, 0.2) is 23.6 Å². The Hall–Kier alpha value is -4.08. The maximum atomic E-state index is 13.4. The number of benzene rings is 2. The van der Waals surface area contributed by atoms with E-state index in [0.29, 0.717) is 30.7 Å². The summed E-state index contributed by atoms with van der Waals surface area (Å²) in [5.74, 6) is 1.83. The molecule has 1 atom stereocenters. The number of anilines is 1. The number of hydrogen-bond acceptors (Lipinski definition) is 7. The number of aromatic nitrogens is 4. The summed E-state index contributed by atoms with van der Waals surface area (Å²) in [7, 11) is 0. The van der Waals surface area contributed by atoms with Crippen LogP contribution in [0.25, 0.3) is 22.3 Å². The monoisotopic (exact) mass is 419 g/mol. The number of nitrogens with zero attached hydrogens (tertiary/aromatic N) is 4. The van der Waals surface area contributed by atoms with Crippen molar-refractivity contribution < 1.29 is 13.9 Å². The number of aromatic amines is 1. The highest BCUT2D eigenvalue weighted by Crippen LogP contribution is 2.40. The molecule has 0 saturated carbocycles. The molecule has 0 fully saturated rings. The van der Waals surface area contributed by atoms with E-state index in [-0.39, 0.29) is 11.8 Å². The van der Waals surface area contributed by atoms with Crippen molar-refractivity contribution in [1.82, 2.24) is 19.7 Å². The Balaban J connectivity index is 1.53. The number of nitrogens with two attached hydrogens (primary N) is 1. The van der Waals surface area contributed by atoms with Gasteiger partial charge in [0.05, 0.1) is 36.1 Å². The summed E-state index contributed by atoms with van der Waals surface area (Å²) >= 11 is 0. The van der Waals surface area contributed by atoms with Crippen LogP contribution in [0.4, 0.5) is 10.3 Å². The fraction of sp³-hybridized carbons (Fsp3) is 0.190. The predicted molar refractivity (Wildman–Crippen MR) is 113 cm³/mol. The van der Waals surface area contributed by atoms with E-state index in [1.165, 1.54) is 12.1 Å². The number of hydrogen-bond donors (Lipinski definition) is 3. The molecule has 0 saturated heterocycles.